The first-order valence-corrected chi connectivity index (χ1v) is 9.70. The molecule has 27 heavy (non-hydrogen) atoms. The summed E-state index contributed by atoms with van der Waals surface area (Å²) in [6.07, 6.45) is 1.34. The average Bonchev–Trinajstić information content (AvgIpc) is 2.60. The Bertz CT molecular complexity index is 1140. The van der Waals surface area contributed by atoms with E-state index in [1.807, 2.05) is 26.0 Å². The second-order valence-electron chi connectivity index (χ2n) is 6.35. The van der Waals surface area contributed by atoms with E-state index in [1.54, 1.807) is 12.1 Å². The maximum atomic E-state index is 11.6. The van der Waals surface area contributed by atoms with Crippen molar-refractivity contribution in [1.29, 1.82) is 0 Å². The number of rotatable bonds is 5. The molecule has 1 aromatic heterocycles. The van der Waals surface area contributed by atoms with E-state index < -0.39 is 16.0 Å². The molecule has 0 atom stereocenters. The lowest BCUT2D eigenvalue weighted by Gasteiger charge is -2.14. The van der Waals surface area contributed by atoms with Crippen LogP contribution in [0.3, 0.4) is 0 Å². The number of sulfonamides is 1. The van der Waals surface area contributed by atoms with Gasteiger partial charge in [-0.05, 0) is 54.8 Å². The molecule has 1 heterocycles. The molecule has 0 radical (unpaired) electrons. The van der Waals surface area contributed by atoms with Gasteiger partial charge in [0.05, 0.1) is 16.1 Å². The topological polar surface area (TPSA) is 122 Å². The molecule has 0 aliphatic heterocycles. The summed E-state index contributed by atoms with van der Waals surface area (Å²) in [4.78, 5) is 15.9. The Morgan fingerprint density at radius 3 is 2.37 bits per heavy atom. The highest BCUT2D eigenvalue weighted by atomic mass is 32.2. The molecule has 0 bridgehead atoms. The van der Waals surface area contributed by atoms with Gasteiger partial charge in [-0.3, -0.25) is 4.98 Å². The summed E-state index contributed by atoms with van der Waals surface area (Å²) in [6.45, 7) is 4.25. The van der Waals surface area contributed by atoms with Gasteiger partial charge in [-0.25, -0.2) is 18.4 Å². The van der Waals surface area contributed by atoms with Gasteiger partial charge < -0.3 is 10.4 Å². The Labute approximate surface area is 156 Å². The first-order valence-electron chi connectivity index (χ1n) is 8.15. The lowest BCUT2D eigenvalue weighted by molar-refractivity contribution is 0.0697. The fourth-order valence-electron chi connectivity index (χ4n) is 2.79. The molecule has 0 aliphatic carbocycles. The maximum Gasteiger partial charge on any atom is 0.339 e. The van der Waals surface area contributed by atoms with E-state index in [2.05, 4.69) is 10.3 Å². The molecule has 4 N–H and O–H groups in total. The summed E-state index contributed by atoms with van der Waals surface area (Å²) in [6, 6.07) is 9.93. The van der Waals surface area contributed by atoms with Crippen molar-refractivity contribution in [2.45, 2.75) is 25.3 Å². The highest BCUT2D eigenvalue weighted by molar-refractivity contribution is 7.89. The quantitative estimate of drug-likeness (QED) is 0.621. The number of aromatic carboxylic acids is 1. The molecule has 3 rings (SSSR count). The lowest BCUT2D eigenvalue weighted by atomic mass is 10.0. The molecule has 0 unspecified atom stereocenters. The molecule has 3 aromatic rings. The van der Waals surface area contributed by atoms with E-state index in [0.717, 1.165) is 22.1 Å². The Hall–Kier alpha value is -2.97. The molecule has 7 nitrogen and oxygen atoms in total. The minimum absolute atomic E-state index is 0.0259. The van der Waals surface area contributed by atoms with Gasteiger partial charge in [0.15, 0.2) is 0 Å². The van der Waals surface area contributed by atoms with Crippen LogP contribution in [0.2, 0.25) is 0 Å². The number of aromatic nitrogens is 1. The van der Waals surface area contributed by atoms with E-state index in [-0.39, 0.29) is 10.5 Å². The monoisotopic (exact) mass is 385 g/mol. The largest absolute Gasteiger partial charge is 0.478 e. The lowest BCUT2D eigenvalue weighted by Crippen LogP contribution is -2.12. The second kappa shape index (κ2) is 6.98. The minimum atomic E-state index is -3.75. The van der Waals surface area contributed by atoms with Crippen LogP contribution < -0.4 is 10.5 Å². The molecule has 0 amide bonds. The third kappa shape index (κ3) is 3.91. The van der Waals surface area contributed by atoms with Crippen LogP contribution in [-0.4, -0.2) is 24.5 Å². The smallest absolute Gasteiger partial charge is 0.339 e. The second-order valence-corrected chi connectivity index (χ2v) is 7.91. The normalized spacial score (nSPS) is 11.5. The zero-order valence-corrected chi connectivity index (χ0v) is 15.7. The summed E-state index contributed by atoms with van der Waals surface area (Å²) in [7, 11) is -3.75. The Morgan fingerprint density at radius 2 is 1.78 bits per heavy atom. The van der Waals surface area contributed by atoms with Crippen LogP contribution in [0.25, 0.3) is 10.9 Å². The van der Waals surface area contributed by atoms with E-state index in [9.17, 15) is 18.3 Å². The van der Waals surface area contributed by atoms with Gasteiger partial charge in [0.1, 0.15) is 5.56 Å². The van der Waals surface area contributed by atoms with Crippen LogP contribution in [-0.2, 0) is 16.6 Å². The molecule has 0 spiro atoms. The maximum absolute atomic E-state index is 11.6. The van der Waals surface area contributed by atoms with Gasteiger partial charge in [0.2, 0.25) is 10.0 Å². The Morgan fingerprint density at radius 1 is 1.15 bits per heavy atom. The van der Waals surface area contributed by atoms with Crippen molar-refractivity contribution in [2.75, 3.05) is 5.32 Å². The molecule has 140 valence electrons. The van der Waals surface area contributed by atoms with Gasteiger partial charge >= 0.3 is 5.97 Å². The number of nitrogens with two attached hydrogens (primary N) is 1. The highest BCUT2D eigenvalue weighted by Gasteiger charge is 2.15. The number of benzene rings is 2. The number of carboxylic acid groups (broad SMARTS) is 1. The molecule has 8 heteroatoms. The molecule has 0 saturated heterocycles. The Balaban J connectivity index is 1.99. The van der Waals surface area contributed by atoms with Crippen LogP contribution in [0.5, 0.6) is 0 Å². The molecule has 2 aromatic carbocycles. The number of nitrogens with one attached hydrogen (secondary N) is 1. The Kier molecular flexibility index (Phi) is 4.86. The first kappa shape index (κ1) is 18.8. The minimum Gasteiger partial charge on any atom is -0.478 e. The van der Waals surface area contributed by atoms with E-state index in [0.29, 0.717) is 17.7 Å². The van der Waals surface area contributed by atoms with Crippen LogP contribution >= 0.6 is 0 Å². The number of carboxylic acids is 1. The summed E-state index contributed by atoms with van der Waals surface area (Å²) < 4.78 is 22.7. The van der Waals surface area contributed by atoms with Gasteiger partial charge in [0, 0.05) is 18.1 Å². The van der Waals surface area contributed by atoms with Crippen molar-refractivity contribution in [3.63, 3.8) is 0 Å². The highest BCUT2D eigenvalue weighted by Crippen LogP contribution is 2.29. The zero-order valence-electron chi connectivity index (χ0n) is 14.9. The molecule has 0 aliphatic rings. The van der Waals surface area contributed by atoms with Crippen molar-refractivity contribution in [2.24, 2.45) is 5.14 Å². The number of fused-ring (bicyclic) bond motifs is 1. The fraction of sp³-hybridized carbons (Fsp3) is 0.158. The summed E-state index contributed by atoms with van der Waals surface area (Å²) >= 11 is 0. The van der Waals surface area contributed by atoms with Crippen molar-refractivity contribution < 1.29 is 18.3 Å². The van der Waals surface area contributed by atoms with E-state index in [4.69, 9.17) is 5.14 Å². The van der Waals surface area contributed by atoms with Crippen LogP contribution in [0.15, 0.2) is 47.5 Å². The third-order valence-corrected chi connectivity index (χ3v) is 5.36. The van der Waals surface area contributed by atoms with Crippen molar-refractivity contribution in [3.05, 3.63) is 64.8 Å². The fourth-order valence-corrected chi connectivity index (χ4v) is 3.31. The third-order valence-electron chi connectivity index (χ3n) is 4.44. The van der Waals surface area contributed by atoms with Crippen LogP contribution in [0, 0.1) is 13.8 Å². The predicted molar refractivity (Wildman–Crippen MR) is 103 cm³/mol. The number of primary sulfonamides is 1. The summed E-state index contributed by atoms with van der Waals surface area (Å²) in [5.41, 5.74) is 4.15. The van der Waals surface area contributed by atoms with Crippen molar-refractivity contribution >= 4 is 32.6 Å². The molecule has 0 fully saturated rings. The van der Waals surface area contributed by atoms with Crippen molar-refractivity contribution in [3.8, 4) is 0 Å². The number of anilines is 1. The van der Waals surface area contributed by atoms with Gasteiger partial charge in [0.25, 0.3) is 0 Å². The zero-order chi connectivity index (χ0) is 19.8. The number of carbonyl (C=O) groups is 1. The van der Waals surface area contributed by atoms with E-state index >= 15 is 0 Å². The predicted octanol–water partition coefficient (Wildman–Crippen LogP) is 2.81. The number of hydrogen-bond acceptors (Lipinski definition) is 5. The molecule has 0 saturated carbocycles. The molecular weight excluding hydrogens is 366 g/mol. The number of pyridine rings is 1. The summed E-state index contributed by atoms with van der Waals surface area (Å²) in [5, 5.41) is 18.5. The van der Waals surface area contributed by atoms with Crippen LogP contribution in [0.4, 0.5) is 5.69 Å². The number of aryl methyl sites for hydroxylation is 2. The number of nitrogens with zero attached hydrogens (tertiary/aromatic N) is 1. The van der Waals surface area contributed by atoms with E-state index in [1.165, 1.54) is 18.3 Å². The standard InChI is InChI=1S/C19H19N3O4S/c1-11-7-15-17(8-12(11)2)21-10-16(19(23)24)18(15)22-9-13-3-5-14(6-4-13)27(20,25)26/h3-8,10H,9H2,1-2H3,(H,21,22)(H,23,24)(H2,20,25,26). The van der Waals surface area contributed by atoms with Gasteiger partial charge in [-0.2, -0.15) is 0 Å². The molecular formula is C19H19N3O4S. The van der Waals surface area contributed by atoms with Crippen LogP contribution in [0.1, 0.15) is 27.0 Å². The average molecular weight is 385 g/mol. The van der Waals surface area contributed by atoms with Gasteiger partial charge in [-0.15, -0.1) is 0 Å². The summed E-state index contributed by atoms with van der Waals surface area (Å²) in [5.74, 6) is -1.07. The van der Waals surface area contributed by atoms with Crippen molar-refractivity contribution in [1.82, 2.24) is 4.98 Å². The SMILES string of the molecule is Cc1cc2ncc(C(=O)O)c(NCc3ccc(S(N)(=O)=O)cc3)c2cc1C. The van der Waals surface area contributed by atoms with Gasteiger partial charge in [-0.1, -0.05) is 12.1 Å². The first-order chi connectivity index (χ1) is 12.7. The number of hydrogen-bond donors (Lipinski definition) is 3.